The monoisotopic (exact) mass is 224 g/mol. The molecule has 0 saturated carbocycles. The van der Waals surface area contributed by atoms with Crippen molar-refractivity contribution in [3.63, 3.8) is 0 Å². The van der Waals surface area contributed by atoms with Crippen LogP contribution in [0.2, 0.25) is 0 Å². The van der Waals surface area contributed by atoms with Gasteiger partial charge in [0, 0.05) is 11.8 Å². The number of H-pyrrole nitrogens is 1. The number of aromatic nitrogens is 2. The fraction of sp³-hybridized carbons (Fsp3) is 0.636. The van der Waals surface area contributed by atoms with Gasteiger partial charge in [-0.1, -0.05) is 26.7 Å². The van der Waals surface area contributed by atoms with Crippen molar-refractivity contribution in [3.8, 4) is 0 Å². The topological polar surface area (TPSA) is 83.8 Å². The second-order valence-corrected chi connectivity index (χ2v) is 3.91. The standard InChI is InChI=1S/C11H20N4O/c1-3-5-8-7-10(15-14-8)13-11(16)9(12)6-4-2/h7,9H,3-6,12H2,1-2H3,(H2,13,14,15,16). The SMILES string of the molecule is CCCc1cc(NC(=O)C(N)CCC)n[nH]1. The van der Waals surface area contributed by atoms with Crippen LogP contribution in [0.25, 0.3) is 0 Å². The van der Waals surface area contributed by atoms with Gasteiger partial charge < -0.3 is 11.1 Å². The van der Waals surface area contributed by atoms with Gasteiger partial charge in [-0.25, -0.2) is 0 Å². The number of nitrogens with zero attached hydrogens (tertiary/aromatic N) is 1. The second-order valence-electron chi connectivity index (χ2n) is 3.91. The predicted octanol–water partition coefficient (Wildman–Crippen LogP) is 1.43. The number of hydrogen-bond donors (Lipinski definition) is 3. The molecular weight excluding hydrogens is 204 g/mol. The molecule has 16 heavy (non-hydrogen) atoms. The molecule has 1 rings (SSSR count). The summed E-state index contributed by atoms with van der Waals surface area (Å²) in [5.41, 5.74) is 6.72. The summed E-state index contributed by atoms with van der Waals surface area (Å²) in [6.07, 6.45) is 3.57. The summed E-state index contributed by atoms with van der Waals surface area (Å²) in [7, 11) is 0. The molecule has 5 nitrogen and oxygen atoms in total. The smallest absolute Gasteiger partial charge is 0.242 e. The van der Waals surface area contributed by atoms with Gasteiger partial charge in [-0.2, -0.15) is 5.10 Å². The van der Waals surface area contributed by atoms with Crippen molar-refractivity contribution in [2.24, 2.45) is 5.73 Å². The highest BCUT2D eigenvalue weighted by Crippen LogP contribution is 2.08. The van der Waals surface area contributed by atoms with Crippen molar-refractivity contribution < 1.29 is 4.79 Å². The van der Waals surface area contributed by atoms with Crippen molar-refractivity contribution in [2.75, 3.05) is 5.32 Å². The van der Waals surface area contributed by atoms with E-state index < -0.39 is 6.04 Å². The number of hydrogen-bond acceptors (Lipinski definition) is 3. The summed E-state index contributed by atoms with van der Waals surface area (Å²) < 4.78 is 0. The molecule has 1 amide bonds. The van der Waals surface area contributed by atoms with Gasteiger partial charge >= 0.3 is 0 Å². The van der Waals surface area contributed by atoms with Gasteiger partial charge in [0.1, 0.15) is 0 Å². The Kier molecular flexibility index (Phi) is 4.98. The Morgan fingerprint density at radius 1 is 1.56 bits per heavy atom. The summed E-state index contributed by atoms with van der Waals surface area (Å²) in [5, 5.41) is 9.58. The lowest BCUT2D eigenvalue weighted by Gasteiger charge is -2.08. The van der Waals surface area contributed by atoms with Crippen LogP contribution in [0, 0.1) is 0 Å². The molecule has 5 heteroatoms. The van der Waals surface area contributed by atoms with Gasteiger partial charge in [0.2, 0.25) is 5.91 Å². The Balaban J connectivity index is 2.49. The Morgan fingerprint density at radius 3 is 2.94 bits per heavy atom. The van der Waals surface area contributed by atoms with E-state index >= 15 is 0 Å². The van der Waals surface area contributed by atoms with Crippen LogP contribution in [0.4, 0.5) is 5.82 Å². The summed E-state index contributed by atoms with van der Waals surface area (Å²) in [4.78, 5) is 11.6. The minimum absolute atomic E-state index is 0.170. The molecule has 1 atom stereocenters. The predicted molar refractivity (Wildman–Crippen MR) is 64.1 cm³/mol. The van der Waals surface area contributed by atoms with Crippen LogP contribution in [-0.2, 0) is 11.2 Å². The molecule has 1 heterocycles. The van der Waals surface area contributed by atoms with Crippen LogP contribution in [-0.4, -0.2) is 22.1 Å². The zero-order valence-electron chi connectivity index (χ0n) is 9.92. The quantitative estimate of drug-likeness (QED) is 0.683. The number of anilines is 1. The Hall–Kier alpha value is -1.36. The van der Waals surface area contributed by atoms with Crippen molar-refractivity contribution >= 4 is 11.7 Å². The van der Waals surface area contributed by atoms with Crippen molar-refractivity contribution in [3.05, 3.63) is 11.8 Å². The maximum Gasteiger partial charge on any atom is 0.242 e. The normalized spacial score (nSPS) is 12.4. The average molecular weight is 224 g/mol. The lowest BCUT2D eigenvalue weighted by molar-refractivity contribution is -0.117. The number of carbonyl (C=O) groups is 1. The van der Waals surface area contributed by atoms with Gasteiger partial charge in [0.15, 0.2) is 5.82 Å². The van der Waals surface area contributed by atoms with E-state index in [1.807, 2.05) is 13.0 Å². The minimum atomic E-state index is -0.448. The summed E-state index contributed by atoms with van der Waals surface area (Å²) in [5.74, 6) is 0.386. The van der Waals surface area contributed by atoms with Crippen molar-refractivity contribution in [2.45, 2.75) is 45.6 Å². The zero-order chi connectivity index (χ0) is 12.0. The van der Waals surface area contributed by atoms with Gasteiger partial charge in [-0.05, 0) is 12.8 Å². The molecule has 0 aliphatic heterocycles. The first kappa shape index (κ1) is 12.7. The lowest BCUT2D eigenvalue weighted by atomic mass is 10.2. The maximum atomic E-state index is 11.6. The molecule has 0 spiro atoms. The van der Waals surface area contributed by atoms with Crippen molar-refractivity contribution in [1.82, 2.24) is 10.2 Å². The highest BCUT2D eigenvalue weighted by Gasteiger charge is 2.13. The molecule has 0 radical (unpaired) electrons. The molecule has 0 aliphatic carbocycles. The third-order valence-corrected chi connectivity index (χ3v) is 2.34. The number of aryl methyl sites for hydroxylation is 1. The molecule has 0 fully saturated rings. The van der Waals surface area contributed by atoms with Gasteiger partial charge in [0.05, 0.1) is 6.04 Å². The van der Waals surface area contributed by atoms with Crippen molar-refractivity contribution in [1.29, 1.82) is 0 Å². The number of rotatable bonds is 6. The van der Waals surface area contributed by atoms with Crippen LogP contribution in [0.3, 0.4) is 0 Å². The molecule has 1 unspecified atom stereocenters. The third-order valence-electron chi connectivity index (χ3n) is 2.34. The molecule has 0 bridgehead atoms. The van der Waals surface area contributed by atoms with E-state index in [-0.39, 0.29) is 5.91 Å². The Morgan fingerprint density at radius 2 is 2.31 bits per heavy atom. The molecule has 0 saturated heterocycles. The summed E-state index contributed by atoms with van der Waals surface area (Å²) in [6.45, 7) is 4.09. The summed E-state index contributed by atoms with van der Waals surface area (Å²) >= 11 is 0. The Labute approximate surface area is 95.8 Å². The fourth-order valence-electron chi connectivity index (χ4n) is 1.48. The van der Waals surface area contributed by atoms with Crippen LogP contribution in [0.15, 0.2) is 6.07 Å². The number of nitrogens with one attached hydrogen (secondary N) is 2. The highest BCUT2D eigenvalue weighted by atomic mass is 16.2. The van der Waals surface area contributed by atoms with Gasteiger partial charge in [-0.15, -0.1) is 0 Å². The first-order chi connectivity index (χ1) is 7.67. The molecule has 90 valence electrons. The molecular formula is C11H20N4O. The lowest BCUT2D eigenvalue weighted by Crippen LogP contribution is -2.35. The Bertz CT molecular complexity index is 334. The minimum Gasteiger partial charge on any atom is -0.320 e. The molecule has 1 aromatic rings. The molecule has 0 aromatic carbocycles. The summed E-state index contributed by atoms with van der Waals surface area (Å²) in [6, 6.07) is 1.40. The van der Waals surface area contributed by atoms with Crippen LogP contribution in [0.5, 0.6) is 0 Å². The van der Waals surface area contributed by atoms with E-state index in [1.165, 1.54) is 0 Å². The van der Waals surface area contributed by atoms with E-state index in [0.29, 0.717) is 12.2 Å². The maximum absolute atomic E-state index is 11.6. The second kappa shape index (κ2) is 6.27. The fourth-order valence-corrected chi connectivity index (χ4v) is 1.48. The van der Waals surface area contributed by atoms with Crippen LogP contribution >= 0.6 is 0 Å². The van der Waals surface area contributed by atoms with Gasteiger partial charge in [-0.3, -0.25) is 9.89 Å². The third kappa shape index (κ3) is 3.66. The van der Waals surface area contributed by atoms with E-state index in [1.54, 1.807) is 0 Å². The zero-order valence-corrected chi connectivity index (χ0v) is 9.92. The average Bonchev–Trinajstić information content (AvgIpc) is 2.66. The van der Waals surface area contributed by atoms with Crippen LogP contribution in [0.1, 0.15) is 38.8 Å². The van der Waals surface area contributed by atoms with E-state index in [0.717, 1.165) is 25.0 Å². The van der Waals surface area contributed by atoms with E-state index in [4.69, 9.17) is 5.73 Å². The number of aromatic amines is 1. The largest absolute Gasteiger partial charge is 0.320 e. The molecule has 1 aromatic heterocycles. The molecule has 0 aliphatic rings. The molecule has 4 N–H and O–H groups in total. The highest BCUT2D eigenvalue weighted by molar-refractivity contribution is 5.93. The first-order valence-electron chi connectivity index (χ1n) is 5.78. The number of nitrogens with two attached hydrogens (primary N) is 1. The number of carbonyl (C=O) groups excluding carboxylic acids is 1. The van der Waals surface area contributed by atoms with E-state index in [9.17, 15) is 4.79 Å². The number of amides is 1. The first-order valence-corrected chi connectivity index (χ1v) is 5.78. The van der Waals surface area contributed by atoms with Crippen LogP contribution < -0.4 is 11.1 Å². The van der Waals surface area contributed by atoms with E-state index in [2.05, 4.69) is 22.4 Å². The van der Waals surface area contributed by atoms with Gasteiger partial charge in [0.25, 0.3) is 0 Å².